The van der Waals surface area contributed by atoms with Crippen molar-refractivity contribution >= 4 is 28.5 Å². The van der Waals surface area contributed by atoms with E-state index in [-0.39, 0.29) is 17.7 Å². The van der Waals surface area contributed by atoms with E-state index in [1.165, 1.54) is 11.8 Å². The summed E-state index contributed by atoms with van der Waals surface area (Å²) in [4.78, 5) is 39.5. The van der Waals surface area contributed by atoms with E-state index >= 15 is 0 Å². The Balaban J connectivity index is 1.67. The number of benzene rings is 2. The van der Waals surface area contributed by atoms with Crippen LogP contribution in [0.3, 0.4) is 0 Å². The van der Waals surface area contributed by atoms with E-state index < -0.39 is 0 Å². The Bertz CT molecular complexity index is 796. The van der Waals surface area contributed by atoms with Crippen LogP contribution in [0.2, 0.25) is 0 Å². The van der Waals surface area contributed by atoms with Gasteiger partial charge in [-0.1, -0.05) is 24.3 Å². The molecule has 2 aromatic carbocycles. The fraction of sp³-hybridized carbons (Fsp3) is 0.316. The molecule has 3 rings (SSSR count). The van der Waals surface area contributed by atoms with E-state index in [1.54, 1.807) is 24.1 Å². The van der Waals surface area contributed by atoms with Crippen LogP contribution < -0.4 is 5.32 Å². The molecule has 130 valence electrons. The molecule has 1 aliphatic rings. The van der Waals surface area contributed by atoms with Gasteiger partial charge in [0.1, 0.15) is 0 Å². The molecule has 0 atom stereocenters. The van der Waals surface area contributed by atoms with Crippen LogP contribution in [-0.2, 0) is 4.79 Å². The van der Waals surface area contributed by atoms with E-state index in [0.29, 0.717) is 37.3 Å². The second-order valence-corrected chi connectivity index (χ2v) is 6.16. The van der Waals surface area contributed by atoms with Crippen molar-refractivity contribution in [2.45, 2.75) is 6.92 Å². The quantitative estimate of drug-likeness (QED) is 0.640. The molecule has 3 amide bonds. The first kappa shape index (κ1) is 17.1. The molecule has 25 heavy (non-hydrogen) atoms. The third-order valence-electron chi connectivity index (χ3n) is 4.53. The molecule has 6 nitrogen and oxygen atoms in total. The summed E-state index contributed by atoms with van der Waals surface area (Å²) in [6.07, 6.45) is 0. The van der Waals surface area contributed by atoms with Crippen molar-refractivity contribution in [2.24, 2.45) is 0 Å². The van der Waals surface area contributed by atoms with Gasteiger partial charge in [-0.05, 0) is 17.5 Å². The number of amides is 3. The van der Waals surface area contributed by atoms with Crippen molar-refractivity contribution < 1.29 is 14.4 Å². The lowest BCUT2D eigenvalue weighted by Crippen LogP contribution is -2.44. The van der Waals surface area contributed by atoms with Crippen molar-refractivity contribution in [1.29, 1.82) is 0 Å². The maximum atomic E-state index is 12.7. The van der Waals surface area contributed by atoms with Gasteiger partial charge in [-0.2, -0.15) is 0 Å². The molecule has 0 spiro atoms. The van der Waals surface area contributed by atoms with Crippen LogP contribution in [-0.4, -0.2) is 60.7 Å². The number of carbonyl (C=O) groups excluding carboxylic acids is 3. The van der Waals surface area contributed by atoms with Crippen LogP contribution in [0.1, 0.15) is 27.6 Å². The lowest BCUT2D eigenvalue weighted by atomic mass is 9.94. The second kappa shape index (κ2) is 7.03. The number of nitrogens with one attached hydrogen (secondary N) is 1. The number of likely N-dealkylation sites (N-methyl/N-ethyl adjacent to an activating group) is 1. The lowest BCUT2D eigenvalue weighted by molar-refractivity contribution is -0.127. The minimum absolute atomic E-state index is 0.00730. The van der Waals surface area contributed by atoms with Gasteiger partial charge in [0, 0.05) is 56.7 Å². The topological polar surface area (TPSA) is 69.7 Å². The van der Waals surface area contributed by atoms with Gasteiger partial charge in [0.25, 0.3) is 11.8 Å². The third kappa shape index (κ3) is 3.25. The van der Waals surface area contributed by atoms with E-state index in [2.05, 4.69) is 5.32 Å². The summed E-state index contributed by atoms with van der Waals surface area (Å²) in [6, 6.07) is 11.0. The summed E-state index contributed by atoms with van der Waals surface area (Å²) in [6.45, 7) is 3.49. The van der Waals surface area contributed by atoms with Gasteiger partial charge in [0.05, 0.1) is 0 Å². The van der Waals surface area contributed by atoms with Crippen molar-refractivity contribution in [3.8, 4) is 0 Å². The van der Waals surface area contributed by atoms with Crippen LogP contribution in [0.4, 0.5) is 0 Å². The standard InChI is InChI=1S/C19H21N3O3/c1-13(23)21(2)11-9-20-10-12-22-18(24)15-7-3-5-14-6-4-8-16(17(14)15)19(22)25/h3-8,20H,9-12H2,1-2H3. The van der Waals surface area contributed by atoms with Gasteiger partial charge in [-0.15, -0.1) is 0 Å². The first-order chi connectivity index (χ1) is 12.0. The fourth-order valence-electron chi connectivity index (χ4n) is 3.00. The monoisotopic (exact) mass is 339 g/mol. The molecule has 6 heteroatoms. The summed E-state index contributed by atoms with van der Waals surface area (Å²) in [7, 11) is 1.74. The minimum Gasteiger partial charge on any atom is -0.345 e. The molecule has 0 aliphatic carbocycles. The van der Waals surface area contributed by atoms with Crippen LogP contribution >= 0.6 is 0 Å². The molecule has 0 aromatic heterocycles. The zero-order valence-corrected chi connectivity index (χ0v) is 14.4. The first-order valence-corrected chi connectivity index (χ1v) is 8.31. The molecule has 1 aliphatic heterocycles. The maximum Gasteiger partial charge on any atom is 0.261 e. The third-order valence-corrected chi connectivity index (χ3v) is 4.53. The highest BCUT2D eigenvalue weighted by Crippen LogP contribution is 2.29. The average molecular weight is 339 g/mol. The zero-order valence-electron chi connectivity index (χ0n) is 14.4. The van der Waals surface area contributed by atoms with E-state index in [1.807, 2.05) is 24.3 Å². The predicted molar refractivity (Wildman–Crippen MR) is 95.5 cm³/mol. The van der Waals surface area contributed by atoms with E-state index in [0.717, 1.165) is 10.8 Å². The van der Waals surface area contributed by atoms with Gasteiger partial charge < -0.3 is 10.2 Å². The van der Waals surface area contributed by atoms with Crippen molar-refractivity contribution in [3.63, 3.8) is 0 Å². The summed E-state index contributed by atoms with van der Waals surface area (Å²) in [5.74, 6) is -0.498. The molecule has 2 aromatic rings. The fourth-order valence-corrected chi connectivity index (χ4v) is 3.00. The summed E-state index contributed by atoms with van der Waals surface area (Å²) in [5.41, 5.74) is 1.15. The maximum absolute atomic E-state index is 12.7. The van der Waals surface area contributed by atoms with Crippen molar-refractivity contribution in [1.82, 2.24) is 15.1 Å². The predicted octanol–water partition coefficient (Wildman–Crippen LogP) is 1.50. The number of imide groups is 1. The smallest absolute Gasteiger partial charge is 0.261 e. The highest BCUT2D eigenvalue weighted by Gasteiger charge is 2.31. The molecule has 0 fully saturated rings. The van der Waals surface area contributed by atoms with Gasteiger partial charge in [0.2, 0.25) is 5.91 Å². The van der Waals surface area contributed by atoms with Gasteiger partial charge >= 0.3 is 0 Å². The van der Waals surface area contributed by atoms with Crippen molar-refractivity contribution in [2.75, 3.05) is 33.2 Å². The number of carbonyl (C=O) groups is 3. The number of hydrogen-bond donors (Lipinski definition) is 1. The Morgan fingerprint density at radius 2 is 1.64 bits per heavy atom. The molecule has 0 saturated heterocycles. The van der Waals surface area contributed by atoms with Crippen LogP contribution in [0.15, 0.2) is 36.4 Å². The molecule has 0 unspecified atom stereocenters. The van der Waals surface area contributed by atoms with E-state index in [9.17, 15) is 14.4 Å². The summed E-state index contributed by atoms with van der Waals surface area (Å²) in [5, 5.41) is 4.82. The molecule has 0 saturated carbocycles. The number of nitrogens with zero attached hydrogens (tertiary/aromatic N) is 2. The molecule has 0 bridgehead atoms. The van der Waals surface area contributed by atoms with Crippen molar-refractivity contribution in [3.05, 3.63) is 47.5 Å². The number of rotatable bonds is 6. The highest BCUT2D eigenvalue weighted by atomic mass is 16.2. The Morgan fingerprint density at radius 1 is 1.04 bits per heavy atom. The largest absolute Gasteiger partial charge is 0.345 e. The Kier molecular flexibility index (Phi) is 4.81. The average Bonchev–Trinajstić information content (AvgIpc) is 2.61. The van der Waals surface area contributed by atoms with Gasteiger partial charge in [-0.25, -0.2) is 0 Å². The Labute approximate surface area is 146 Å². The molecular weight excluding hydrogens is 318 g/mol. The molecular formula is C19H21N3O3. The van der Waals surface area contributed by atoms with Gasteiger partial charge in [-0.3, -0.25) is 19.3 Å². The first-order valence-electron chi connectivity index (χ1n) is 8.31. The SMILES string of the molecule is CC(=O)N(C)CCNCCN1C(=O)c2cccc3cccc(c23)C1=O. The summed E-state index contributed by atoms with van der Waals surface area (Å²) >= 11 is 0. The Hall–Kier alpha value is -2.73. The van der Waals surface area contributed by atoms with E-state index in [4.69, 9.17) is 0 Å². The Morgan fingerprint density at radius 3 is 2.20 bits per heavy atom. The zero-order chi connectivity index (χ0) is 18.0. The van der Waals surface area contributed by atoms with Gasteiger partial charge in [0.15, 0.2) is 0 Å². The lowest BCUT2D eigenvalue weighted by Gasteiger charge is -2.27. The molecule has 0 radical (unpaired) electrons. The highest BCUT2D eigenvalue weighted by molar-refractivity contribution is 6.25. The number of hydrogen-bond acceptors (Lipinski definition) is 4. The summed E-state index contributed by atoms with van der Waals surface area (Å²) < 4.78 is 0. The van der Waals surface area contributed by atoms with Crippen LogP contribution in [0.5, 0.6) is 0 Å². The molecule has 1 N–H and O–H groups in total. The second-order valence-electron chi connectivity index (χ2n) is 6.16. The van der Waals surface area contributed by atoms with Crippen LogP contribution in [0, 0.1) is 0 Å². The van der Waals surface area contributed by atoms with Crippen LogP contribution in [0.25, 0.3) is 10.8 Å². The minimum atomic E-state index is -0.253. The molecule has 1 heterocycles. The normalized spacial score (nSPS) is 13.4.